The molecule has 2 rings (SSSR count). The van der Waals surface area contributed by atoms with E-state index in [2.05, 4.69) is 34.4 Å². The van der Waals surface area contributed by atoms with E-state index in [-0.39, 0.29) is 17.6 Å². The quantitative estimate of drug-likeness (QED) is 0.811. The van der Waals surface area contributed by atoms with Crippen LogP contribution in [-0.4, -0.2) is 64.9 Å². The van der Waals surface area contributed by atoms with Crippen LogP contribution in [0.15, 0.2) is 18.7 Å². The normalized spacial score (nSPS) is 18.0. The van der Waals surface area contributed by atoms with Gasteiger partial charge in [-0.25, -0.2) is 9.78 Å². The average Bonchev–Trinajstić information content (AvgIpc) is 2.99. The van der Waals surface area contributed by atoms with E-state index < -0.39 is 0 Å². The lowest BCUT2D eigenvalue weighted by molar-refractivity contribution is -0.00876. The zero-order valence-electron chi connectivity index (χ0n) is 13.7. The average molecular weight is 309 g/mol. The van der Waals surface area contributed by atoms with Crippen LogP contribution in [-0.2, 0) is 11.3 Å². The summed E-state index contributed by atoms with van der Waals surface area (Å²) in [6, 6.07) is -0.0883. The van der Waals surface area contributed by atoms with Gasteiger partial charge in [-0.1, -0.05) is 0 Å². The topological polar surface area (TPSA) is 71.4 Å². The maximum absolute atomic E-state index is 12.0. The van der Waals surface area contributed by atoms with Crippen molar-refractivity contribution in [2.75, 3.05) is 32.8 Å². The second-order valence-corrected chi connectivity index (χ2v) is 6.40. The third-order valence-electron chi connectivity index (χ3n) is 3.97. The number of carbonyl (C=O) groups is 1. The first-order valence-electron chi connectivity index (χ1n) is 7.80. The van der Waals surface area contributed by atoms with Gasteiger partial charge >= 0.3 is 6.03 Å². The van der Waals surface area contributed by atoms with E-state index in [1.807, 2.05) is 17.7 Å². The molecule has 1 aliphatic heterocycles. The Hall–Kier alpha value is -1.60. The number of nitrogens with zero attached hydrogens (tertiary/aromatic N) is 3. The molecule has 1 aromatic rings. The highest BCUT2D eigenvalue weighted by atomic mass is 16.5. The molecule has 22 heavy (non-hydrogen) atoms. The fourth-order valence-electron chi connectivity index (χ4n) is 2.61. The van der Waals surface area contributed by atoms with Crippen molar-refractivity contribution in [3.05, 3.63) is 18.7 Å². The van der Waals surface area contributed by atoms with Gasteiger partial charge in [0.1, 0.15) is 0 Å². The fraction of sp³-hybridized carbons (Fsp3) is 0.733. The van der Waals surface area contributed by atoms with E-state index in [0.717, 1.165) is 26.3 Å². The highest BCUT2D eigenvalue weighted by molar-refractivity contribution is 5.74. The first-order valence-corrected chi connectivity index (χ1v) is 7.80. The Morgan fingerprint density at radius 1 is 1.41 bits per heavy atom. The van der Waals surface area contributed by atoms with Crippen molar-refractivity contribution in [3.63, 3.8) is 0 Å². The van der Waals surface area contributed by atoms with Crippen molar-refractivity contribution in [3.8, 4) is 0 Å². The summed E-state index contributed by atoms with van der Waals surface area (Å²) >= 11 is 0. The van der Waals surface area contributed by atoms with E-state index in [0.29, 0.717) is 13.1 Å². The predicted molar refractivity (Wildman–Crippen MR) is 84.7 cm³/mol. The SMILES string of the molecule is CC(Cn1ccnc1)NC(=O)NCC(C)(C)N1CCOCC1. The zero-order chi connectivity index (χ0) is 16.0. The second-order valence-electron chi connectivity index (χ2n) is 6.40. The Morgan fingerprint density at radius 2 is 2.14 bits per heavy atom. The molecule has 2 heterocycles. The van der Waals surface area contributed by atoms with Crippen molar-refractivity contribution >= 4 is 6.03 Å². The van der Waals surface area contributed by atoms with E-state index in [4.69, 9.17) is 4.74 Å². The van der Waals surface area contributed by atoms with E-state index >= 15 is 0 Å². The molecule has 2 N–H and O–H groups in total. The monoisotopic (exact) mass is 309 g/mol. The Bertz CT molecular complexity index is 455. The third-order valence-corrected chi connectivity index (χ3v) is 3.97. The van der Waals surface area contributed by atoms with Gasteiger partial charge in [0, 0.05) is 50.2 Å². The molecular formula is C15H27N5O2. The summed E-state index contributed by atoms with van der Waals surface area (Å²) in [7, 11) is 0. The van der Waals surface area contributed by atoms with Gasteiger partial charge in [-0.15, -0.1) is 0 Å². The molecule has 1 unspecified atom stereocenters. The number of carbonyl (C=O) groups excluding carboxylic acids is 1. The first kappa shape index (κ1) is 16.8. The summed E-state index contributed by atoms with van der Waals surface area (Å²) in [4.78, 5) is 18.4. The largest absolute Gasteiger partial charge is 0.379 e. The molecule has 1 aliphatic rings. The molecule has 0 saturated carbocycles. The number of urea groups is 1. The smallest absolute Gasteiger partial charge is 0.315 e. The highest BCUT2D eigenvalue weighted by Gasteiger charge is 2.28. The van der Waals surface area contributed by atoms with Crippen LogP contribution in [0.3, 0.4) is 0 Å². The van der Waals surface area contributed by atoms with Crippen LogP contribution in [0, 0.1) is 0 Å². The van der Waals surface area contributed by atoms with E-state index in [9.17, 15) is 4.79 Å². The summed E-state index contributed by atoms with van der Waals surface area (Å²) in [6.07, 6.45) is 5.37. The van der Waals surface area contributed by atoms with Gasteiger partial charge in [-0.05, 0) is 20.8 Å². The number of ether oxygens (including phenoxy) is 1. The standard InChI is InChI=1S/C15H27N5O2/c1-13(10-19-5-4-16-12-19)18-14(21)17-11-15(2,3)20-6-8-22-9-7-20/h4-5,12-13H,6-11H2,1-3H3,(H2,17,18,21). The van der Waals surface area contributed by atoms with Gasteiger partial charge in [-0.3, -0.25) is 4.90 Å². The van der Waals surface area contributed by atoms with Crippen molar-refractivity contribution in [2.45, 2.75) is 38.9 Å². The second kappa shape index (κ2) is 7.60. The van der Waals surface area contributed by atoms with Crippen molar-refractivity contribution in [1.29, 1.82) is 0 Å². The predicted octanol–water partition coefficient (Wildman–Crippen LogP) is 0.682. The molecule has 1 saturated heterocycles. The van der Waals surface area contributed by atoms with E-state index in [1.165, 1.54) is 0 Å². The van der Waals surface area contributed by atoms with Crippen LogP contribution in [0.2, 0.25) is 0 Å². The molecule has 0 bridgehead atoms. The maximum Gasteiger partial charge on any atom is 0.315 e. The molecule has 0 radical (unpaired) electrons. The highest BCUT2D eigenvalue weighted by Crippen LogP contribution is 2.14. The lowest BCUT2D eigenvalue weighted by Crippen LogP contribution is -2.56. The summed E-state index contributed by atoms with van der Waals surface area (Å²) in [6.45, 7) is 10.9. The molecule has 1 aromatic heterocycles. The van der Waals surface area contributed by atoms with Gasteiger partial charge in [-0.2, -0.15) is 0 Å². The fourth-order valence-corrected chi connectivity index (χ4v) is 2.61. The number of nitrogens with one attached hydrogen (secondary N) is 2. The minimum absolute atomic E-state index is 0.0423. The molecule has 124 valence electrons. The van der Waals surface area contributed by atoms with Crippen LogP contribution in [0.1, 0.15) is 20.8 Å². The van der Waals surface area contributed by atoms with Crippen molar-refractivity contribution in [1.82, 2.24) is 25.1 Å². The zero-order valence-corrected chi connectivity index (χ0v) is 13.7. The van der Waals surface area contributed by atoms with Gasteiger partial charge in [0.2, 0.25) is 0 Å². The van der Waals surface area contributed by atoms with Crippen LogP contribution in [0.4, 0.5) is 4.79 Å². The number of morpholine rings is 1. The van der Waals surface area contributed by atoms with Crippen LogP contribution >= 0.6 is 0 Å². The van der Waals surface area contributed by atoms with Gasteiger partial charge < -0.3 is 19.9 Å². The van der Waals surface area contributed by atoms with Crippen LogP contribution < -0.4 is 10.6 Å². The summed E-state index contributed by atoms with van der Waals surface area (Å²) in [5, 5.41) is 5.93. The summed E-state index contributed by atoms with van der Waals surface area (Å²) < 4.78 is 7.32. The van der Waals surface area contributed by atoms with Gasteiger partial charge in [0.15, 0.2) is 0 Å². The molecule has 1 fully saturated rings. The summed E-state index contributed by atoms with van der Waals surface area (Å²) in [5.74, 6) is 0. The van der Waals surface area contributed by atoms with Gasteiger partial charge in [0.05, 0.1) is 19.5 Å². The third kappa shape index (κ3) is 4.99. The number of amides is 2. The van der Waals surface area contributed by atoms with Gasteiger partial charge in [0.25, 0.3) is 0 Å². The molecule has 0 aliphatic carbocycles. The minimum atomic E-state index is -0.131. The first-order chi connectivity index (χ1) is 10.5. The van der Waals surface area contributed by atoms with E-state index in [1.54, 1.807) is 12.5 Å². The van der Waals surface area contributed by atoms with Crippen LogP contribution in [0.5, 0.6) is 0 Å². The number of aromatic nitrogens is 2. The Morgan fingerprint density at radius 3 is 2.77 bits per heavy atom. The molecule has 7 heteroatoms. The summed E-state index contributed by atoms with van der Waals surface area (Å²) in [5.41, 5.74) is -0.0747. The molecular weight excluding hydrogens is 282 g/mol. The maximum atomic E-state index is 12.0. The number of rotatable bonds is 6. The molecule has 0 aromatic carbocycles. The Balaban J connectivity index is 1.72. The van der Waals surface area contributed by atoms with Crippen molar-refractivity contribution < 1.29 is 9.53 Å². The Labute approximate surface area is 132 Å². The van der Waals surface area contributed by atoms with Crippen LogP contribution in [0.25, 0.3) is 0 Å². The number of hydrogen-bond acceptors (Lipinski definition) is 4. The number of hydrogen-bond donors (Lipinski definition) is 2. The molecule has 1 atom stereocenters. The Kier molecular flexibility index (Phi) is 5.79. The molecule has 0 spiro atoms. The van der Waals surface area contributed by atoms with Crippen molar-refractivity contribution in [2.24, 2.45) is 0 Å². The minimum Gasteiger partial charge on any atom is -0.379 e. The molecule has 7 nitrogen and oxygen atoms in total. The molecule has 2 amide bonds. The lowest BCUT2D eigenvalue weighted by atomic mass is 10.0. The number of imidazole rings is 1. The lowest BCUT2D eigenvalue weighted by Gasteiger charge is -2.40.